The molecule has 0 aliphatic carbocycles. The van der Waals surface area contributed by atoms with E-state index in [1.165, 1.54) is 25.7 Å². The van der Waals surface area contributed by atoms with Crippen LogP contribution in [0.15, 0.2) is 0 Å². The van der Waals surface area contributed by atoms with E-state index in [9.17, 15) is 4.79 Å². The highest BCUT2D eigenvalue weighted by Crippen LogP contribution is 2.25. The number of likely N-dealkylation sites (tertiary alicyclic amines) is 1. The molecular weight excluding hydrogens is 212 g/mol. The molecule has 2 aliphatic rings. The van der Waals surface area contributed by atoms with E-state index in [1.807, 2.05) is 0 Å². The van der Waals surface area contributed by atoms with Crippen molar-refractivity contribution >= 4 is 5.91 Å². The van der Waals surface area contributed by atoms with Gasteiger partial charge in [-0.15, -0.1) is 0 Å². The van der Waals surface area contributed by atoms with Crippen LogP contribution in [0.5, 0.6) is 0 Å². The first-order valence-corrected chi connectivity index (χ1v) is 7.20. The molecule has 2 rings (SSSR count). The van der Waals surface area contributed by atoms with Crippen LogP contribution in [0.3, 0.4) is 0 Å². The third-order valence-electron chi connectivity index (χ3n) is 4.40. The second kappa shape index (κ2) is 5.85. The number of piperidine rings is 2. The molecule has 98 valence electrons. The van der Waals surface area contributed by atoms with Crippen molar-refractivity contribution in [1.29, 1.82) is 0 Å². The van der Waals surface area contributed by atoms with E-state index in [-0.39, 0.29) is 6.04 Å². The summed E-state index contributed by atoms with van der Waals surface area (Å²) in [6, 6.07) is 0.111. The summed E-state index contributed by atoms with van der Waals surface area (Å²) in [5.41, 5.74) is 0. The van der Waals surface area contributed by atoms with Crippen molar-refractivity contribution in [3.63, 3.8) is 0 Å². The number of nitrogens with zero attached hydrogens (tertiary/aromatic N) is 1. The maximum Gasteiger partial charge on any atom is 0.239 e. The Balaban J connectivity index is 1.81. The average Bonchev–Trinajstić information content (AvgIpc) is 2.39. The van der Waals surface area contributed by atoms with Crippen molar-refractivity contribution in [3.8, 4) is 0 Å². The molecular formula is C14H26N2O. The molecule has 0 aromatic heterocycles. The maximum absolute atomic E-state index is 12.3. The lowest BCUT2D eigenvalue weighted by Gasteiger charge is -2.36. The largest absolute Gasteiger partial charge is 0.341 e. The van der Waals surface area contributed by atoms with Gasteiger partial charge in [-0.1, -0.05) is 20.3 Å². The van der Waals surface area contributed by atoms with Crippen LogP contribution in [0.4, 0.5) is 0 Å². The number of hydrogen-bond acceptors (Lipinski definition) is 2. The number of carbonyl (C=O) groups is 1. The Morgan fingerprint density at radius 3 is 2.41 bits per heavy atom. The lowest BCUT2D eigenvalue weighted by atomic mass is 9.86. The summed E-state index contributed by atoms with van der Waals surface area (Å²) >= 11 is 0. The van der Waals surface area contributed by atoms with Gasteiger partial charge in [0.2, 0.25) is 5.91 Å². The second-order valence-electron chi connectivity index (χ2n) is 5.91. The van der Waals surface area contributed by atoms with E-state index in [0.29, 0.717) is 5.91 Å². The molecule has 0 saturated carbocycles. The van der Waals surface area contributed by atoms with Crippen LogP contribution in [0, 0.1) is 11.8 Å². The van der Waals surface area contributed by atoms with Gasteiger partial charge in [-0.2, -0.15) is 0 Å². The molecule has 2 heterocycles. The van der Waals surface area contributed by atoms with Crippen LogP contribution >= 0.6 is 0 Å². The molecule has 0 bridgehead atoms. The van der Waals surface area contributed by atoms with Gasteiger partial charge in [-0.05, 0) is 44.1 Å². The monoisotopic (exact) mass is 238 g/mol. The molecule has 3 heteroatoms. The molecule has 17 heavy (non-hydrogen) atoms. The van der Waals surface area contributed by atoms with E-state index in [1.54, 1.807) is 0 Å². The number of rotatable bonds is 2. The topological polar surface area (TPSA) is 32.3 Å². The number of amides is 1. The van der Waals surface area contributed by atoms with E-state index in [2.05, 4.69) is 24.1 Å². The van der Waals surface area contributed by atoms with Gasteiger partial charge in [-0.3, -0.25) is 4.79 Å². The third kappa shape index (κ3) is 3.21. The van der Waals surface area contributed by atoms with Crippen molar-refractivity contribution in [2.24, 2.45) is 11.8 Å². The molecule has 2 saturated heterocycles. The minimum atomic E-state index is 0.111. The Bertz CT molecular complexity index is 251. The van der Waals surface area contributed by atoms with Crippen LogP contribution in [0.1, 0.15) is 46.0 Å². The first-order chi connectivity index (χ1) is 8.18. The summed E-state index contributed by atoms with van der Waals surface area (Å²) in [5.74, 6) is 1.94. The van der Waals surface area contributed by atoms with Crippen molar-refractivity contribution in [2.75, 3.05) is 19.6 Å². The van der Waals surface area contributed by atoms with Gasteiger partial charge in [0.1, 0.15) is 0 Å². The van der Waals surface area contributed by atoms with Gasteiger partial charge < -0.3 is 10.2 Å². The predicted octanol–water partition coefficient (Wildman–Crippen LogP) is 2.02. The molecule has 0 radical (unpaired) electrons. The Kier molecular flexibility index (Phi) is 4.43. The number of nitrogens with one attached hydrogen (secondary N) is 1. The van der Waals surface area contributed by atoms with Crippen molar-refractivity contribution in [3.05, 3.63) is 0 Å². The van der Waals surface area contributed by atoms with Crippen LogP contribution in [-0.4, -0.2) is 36.5 Å². The van der Waals surface area contributed by atoms with E-state index in [4.69, 9.17) is 0 Å². The molecule has 2 aliphatic heterocycles. The Morgan fingerprint density at radius 2 is 1.88 bits per heavy atom. The highest BCUT2D eigenvalue weighted by molar-refractivity contribution is 5.82. The minimum absolute atomic E-state index is 0.111. The van der Waals surface area contributed by atoms with Gasteiger partial charge >= 0.3 is 0 Å². The van der Waals surface area contributed by atoms with Gasteiger partial charge in [0, 0.05) is 13.1 Å². The number of carbonyl (C=O) groups excluding carboxylic acids is 1. The fourth-order valence-corrected chi connectivity index (χ4v) is 3.07. The summed E-state index contributed by atoms with van der Waals surface area (Å²) in [6.07, 6.45) is 5.83. The molecule has 1 amide bonds. The predicted molar refractivity (Wildman–Crippen MR) is 69.8 cm³/mol. The van der Waals surface area contributed by atoms with Crippen molar-refractivity contribution in [1.82, 2.24) is 10.2 Å². The molecule has 1 N–H and O–H groups in total. The molecule has 0 aromatic carbocycles. The first kappa shape index (κ1) is 12.9. The molecule has 0 spiro atoms. The molecule has 3 nitrogen and oxygen atoms in total. The van der Waals surface area contributed by atoms with Crippen molar-refractivity contribution < 1.29 is 4.79 Å². The van der Waals surface area contributed by atoms with Crippen molar-refractivity contribution in [2.45, 2.75) is 52.0 Å². The molecule has 0 unspecified atom stereocenters. The maximum atomic E-state index is 12.3. The summed E-state index contributed by atoms with van der Waals surface area (Å²) in [5, 5.41) is 3.36. The normalized spacial score (nSPS) is 27.5. The standard InChI is InChI=1S/C14H26N2O/c1-11(2)12-6-9-16(10-7-12)14(17)13-5-3-4-8-15-13/h11-13,15H,3-10H2,1-2H3/t13-/m0/s1. The fraction of sp³-hybridized carbons (Fsp3) is 0.929. The molecule has 2 fully saturated rings. The minimum Gasteiger partial charge on any atom is -0.341 e. The summed E-state index contributed by atoms with van der Waals surface area (Å²) < 4.78 is 0. The molecule has 1 atom stereocenters. The highest BCUT2D eigenvalue weighted by atomic mass is 16.2. The fourth-order valence-electron chi connectivity index (χ4n) is 3.07. The zero-order chi connectivity index (χ0) is 12.3. The smallest absolute Gasteiger partial charge is 0.239 e. The van der Waals surface area contributed by atoms with Crippen LogP contribution < -0.4 is 5.32 Å². The zero-order valence-electron chi connectivity index (χ0n) is 11.2. The quantitative estimate of drug-likeness (QED) is 0.798. The van der Waals surface area contributed by atoms with Gasteiger partial charge in [0.05, 0.1) is 6.04 Å². The average molecular weight is 238 g/mol. The first-order valence-electron chi connectivity index (χ1n) is 7.20. The Labute approximate surface area is 105 Å². The lowest BCUT2D eigenvalue weighted by Crippen LogP contribution is -2.51. The second-order valence-corrected chi connectivity index (χ2v) is 5.91. The summed E-state index contributed by atoms with van der Waals surface area (Å²) in [7, 11) is 0. The lowest BCUT2D eigenvalue weighted by molar-refractivity contribution is -0.135. The number of hydrogen-bond donors (Lipinski definition) is 1. The summed E-state index contributed by atoms with van der Waals surface area (Å²) in [6.45, 7) is 7.55. The third-order valence-corrected chi connectivity index (χ3v) is 4.40. The van der Waals surface area contributed by atoms with Gasteiger partial charge in [-0.25, -0.2) is 0 Å². The van der Waals surface area contributed by atoms with Crippen LogP contribution in [0.2, 0.25) is 0 Å². The zero-order valence-corrected chi connectivity index (χ0v) is 11.2. The Hall–Kier alpha value is -0.570. The molecule has 0 aromatic rings. The van der Waals surface area contributed by atoms with E-state index < -0.39 is 0 Å². The van der Waals surface area contributed by atoms with Gasteiger partial charge in [0.15, 0.2) is 0 Å². The highest BCUT2D eigenvalue weighted by Gasteiger charge is 2.29. The summed E-state index contributed by atoms with van der Waals surface area (Å²) in [4.78, 5) is 14.4. The van der Waals surface area contributed by atoms with Gasteiger partial charge in [0.25, 0.3) is 0 Å². The van der Waals surface area contributed by atoms with Crippen LogP contribution in [-0.2, 0) is 4.79 Å². The van der Waals surface area contributed by atoms with E-state index in [0.717, 1.165) is 37.9 Å². The van der Waals surface area contributed by atoms with Crippen LogP contribution in [0.25, 0.3) is 0 Å². The Morgan fingerprint density at radius 1 is 1.18 bits per heavy atom. The SMILES string of the molecule is CC(C)C1CCN(C(=O)[C@@H]2CCCCN2)CC1. The van der Waals surface area contributed by atoms with E-state index >= 15 is 0 Å².